The van der Waals surface area contributed by atoms with Crippen LogP contribution in [-0.4, -0.2) is 31.1 Å². The molecule has 0 aliphatic carbocycles. The van der Waals surface area contributed by atoms with Crippen LogP contribution in [0.3, 0.4) is 0 Å². The van der Waals surface area contributed by atoms with Gasteiger partial charge in [0.05, 0.1) is 19.1 Å². The van der Waals surface area contributed by atoms with Gasteiger partial charge in [0.15, 0.2) is 10.7 Å². The maximum absolute atomic E-state index is 5.45. The Hall–Kier alpha value is -1.21. The van der Waals surface area contributed by atoms with Crippen molar-refractivity contribution in [2.45, 2.75) is 10.4 Å². The molecule has 2 heterocycles. The molecule has 0 spiro atoms. The van der Waals surface area contributed by atoms with E-state index in [9.17, 15) is 0 Å². The van der Waals surface area contributed by atoms with E-state index in [-0.39, 0.29) is 5.50 Å². The first-order valence-corrected chi connectivity index (χ1v) is 7.48. The van der Waals surface area contributed by atoms with E-state index in [1.54, 1.807) is 37.7 Å². The van der Waals surface area contributed by atoms with Gasteiger partial charge in [-0.05, 0) is 30.2 Å². The number of nitrogens with zero attached hydrogens (tertiary/aromatic N) is 2. The van der Waals surface area contributed by atoms with Crippen LogP contribution in [-0.2, 0) is 0 Å². The van der Waals surface area contributed by atoms with Crippen molar-refractivity contribution in [3.63, 3.8) is 0 Å². The molecule has 2 aliphatic heterocycles. The van der Waals surface area contributed by atoms with Crippen LogP contribution in [0.2, 0.25) is 0 Å². The number of hydrogen-bond donors (Lipinski definition) is 1. The molecule has 3 rings (SSSR count). The third kappa shape index (κ3) is 1.54. The second kappa shape index (κ2) is 4.47. The van der Waals surface area contributed by atoms with Crippen LogP contribution in [0.25, 0.3) is 0 Å². The van der Waals surface area contributed by atoms with Crippen LogP contribution >= 0.6 is 23.5 Å². The van der Waals surface area contributed by atoms with E-state index < -0.39 is 0 Å². The summed E-state index contributed by atoms with van der Waals surface area (Å²) in [5.41, 5.74) is 4.24. The highest BCUT2D eigenvalue weighted by atomic mass is 32.2. The molecule has 0 amide bonds. The molecule has 1 aromatic carbocycles. The van der Waals surface area contributed by atoms with Gasteiger partial charge in [-0.3, -0.25) is 10.3 Å². The smallest absolute Gasteiger partial charge is 0.195 e. The SMILES string of the molecule is COc1ccc(OC)c2c1SC1=NNC(SC)N12. The zero-order valence-corrected chi connectivity index (χ0v) is 11.9. The fourth-order valence-corrected chi connectivity index (χ4v) is 3.81. The summed E-state index contributed by atoms with van der Waals surface area (Å²) in [4.78, 5) is 3.21. The summed E-state index contributed by atoms with van der Waals surface area (Å²) in [5.74, 6) is 1.69. The van der Waals surface area contributed by atoms with Gasteiger partial charge in [-0.25, -0.2) is 0 Å². The fraction of sp³-hybridized carbons (Fsp3) is 0.364. The van der Waals surface area contributed by atoms with Crippen LogP contribution in [0, 0.1) is 0 Å². The summed E-state index contributed by atoms with van der Waals surface area (Å²) < 4.78 is 10.9. The summed E-state index contributed by atoms with van der Waals surface area (Å²) in [5, 5.41) is 5.28. The average molecular weight is 283 g/mol. The van der Waals surface area contributed by atoms with Gasteiger partial charge in [0, 0.05) is 0 Å². The van der Waals surface area contributed by atoms with Crippen LogP contribution in [0.15, 0.2) is 22.1 Å². The zero-order valence-electron chi connectivity index (χ0n) is 10.3. The van der Waals surface area contributed by atoms with Crippen LogP contribution in [0.5, 0.6) is 11.5 Å². The van der Waals surface area contributed by atoms with Crippen molar-refractivity contribution < 1.29 is 9.47 Å². The minimum absolute atomic E-state index is 0.106. The lowest BCUT2D eigenvalue weighted by atomic mass is 10.2. The van der Waals surface area contributed by atoms with Gasteiger partial charge in [-0.2, -0.15) is 5.10 Å². The molecule has 7 heteroatoms. The highest BCUT2D eigenvalue weighted by Gasteiger charge is 2.40. The van der Waals surface area contributed by atoms with Crippen molar-refractivity contribution in [1.82, 2.24) is 5.43 Å². The van der Waals surface area contributed by atoms with Gasteiger partial charge in [-0.15, -0.1) is 11.8 Å². The van der Waals surface area contributed by atoms with Gasteiger partial charge < -0.3 is 9.47 Å². The van der Waals surface area contributed by atoms with E-state index in [4.69, 9.17) is 9.47 Å². The molecule has 0 radical (unpaired) electrons. The molecular weight excluding hydrogens is 270 g/mol. The lowest BCUT2D eigenvalue weighted by Gasteiger charge is -2.22. The molecule has 1 unspecified atom stereocenters. The van der Waals surface area contributed by atoms with Crippen molar-refractivity contribution in [1.29, 1.82) is 0 Å². The largest absolute Gasteiger partial charge is 0.495 e. The molecule has 1 atom stereocenters. The van der Waals surface area contributed by atoms with Crippen LogP contribution in [0.4, 0.5) is 5.69 Å². The first-order valence-electron chi connectivity index (χ1n) is 5.38. The fourth-order valence-electron chi connectivity index (χ4n) is 2.04. The van der Waals surface area contributed by atoms with Crippen molar-refractivity contribution in [2.75, 3.05) is 25.4 Å². The molecule has 96 valence electrons. The molecular formula is C11H13N3O2S2. The van der Waals surface area contributed by atoms with Gasteiger partial charge >= 0.3 is 0 Å². The first-order chi connectivity index (χ1) is 8.80. The van der Waals surface area contributed by atoms with E-state index in [1.807, 2.05) is 18.4 Å². The first kappa shape index (κ1) is 11.9. The minimum atomic E-state index is 0.106. The number of rotatable bonds is 3. The third-order valence-corrected chi connectivity index (χ3v) is 4.70. The van der Waals surface area contributed by atoms with Crippen molar-refractivity contribution in [3.8, 4) is 11.5 Å². The molecule has 0 saturated carbocycles. The number of thioether (sulfide) groups is 2. The maximum atomic E-state index is 5.45. The second-order valence-electron chi connectivity index (χ2n) is 3.73. The van der Waals surface area contributed by atoms with E-state index in [0.29, 0.717) is 0 Å². The number of fused-ring (bicyclic) bond motifs is 3. The van der Waals surface area contributed by atoms with Gasteiger partial charge in [0.25, 0.3) is 0 Å². The monoisotopic (exact) mass is 283 g/mol. The normalized spacial score (nSPS) is 20.1. The molecule has 18 heavy (non-hydrogen) atoms. The standard InChI is InChI=1S/C11H13N3O2S2/c1-15-6-4-5-7(16-2)9-8(6)14-10(17-3)12-13-11(14)18-9/h4-5,10,12H,1-3H3. The maximum Gasteiger partial charge on any atom is 0.195 e. The number of hydrogen-bond acceptors (Lipinski definition) is 7. The number of benzene rings is 1. The van der Waals surface area contributed by atoms with Gasteiger partial charge in [-0.1, -0.05) is 0 Å². The number of nitrogens with one attached hydrogen (secondary N) is 1. The van der Waals surface area contributed by atoms with Crippen molar-refractivity contribution in [2.24, 2.45) is 5.10 Å². The summed E-state index contributed by atoms with van der Waals surface area (Å²) in [6, 6.07) is 3.85. The summed E-state index contributed by atoms with van der Waals surface area (Å²) >= 11 is 3.30. The van der Waals surface area contributed by atoms with Gasteiger partial charge in [0.2, 0.25) is 0 Å². The van der Waals surface area contributed by atoms with E-state index >= 15 is 0 Å². The minimum Gasteiger partial charge on any atom is -0.495 e. The van der Waals surface area contributed by atoms with Crippen LogP contribution in [0.1, 0.15) is 0 Å². The number of amidine groups is 1. The number of anilines is 1. The summed E-state index contributed by atoms with van der Waals surface area (Å²) in [6.07, 6.45) is 2.05. The number of methoxy groups -OCH3 is 2. The average Bonchev–Trinajstić information content (AvgIpc) is 2.96. The zero-order chi connectivity index (χ0) is 12.7. The topological polar surface area (TPSA) is 46.1 Å². The Bertz CT molecular complexity index is 521. The Morgan fingerprint density at radius 3 is 2.72 bits per heavy atom. The summed E-state index contributed by atoms with van der Waals surface area (Å²) in [7, 11) is 3.36. The Morgan fingerprint density at radius 2 is 2.06 bits per heavy atom. The third-order valence-electron chi connectivity index (χ3n) is 2.87. The Kier molecular flexibility index (Phi) is 2.95. The van der Waals surface area contributed by atoms with Crippen molar-refractivity contribution >= 4 is 34.4 Å². The molecule has 0 bridgehead atoms. The number of hydrazone groups is 1. The lowest BCUT2D eigenvalue weighted by Crippen LogP contribution is -2.34. The summed E-state index contributed by atoms with van der Waals surface area (Å²) in [6.45, 7) is 0. The van der Waals surface area contributed by atoms with Crippen molar-refractivity contribution in [3.05, 3.63) is 12.1 Å². The Labute approximate surface area is 114 Å². The molecule has 0 saturated heterocycles. The van der Waals surface area contributed by atoms with Crippen LogP contribution < -0.4 is 19.8 Å². The lowest BCUT2D eigenvalue weighted by molar-refractivity contribution is 0.395. The molecule has 0 aromatic heterocycles. The highest BCUT2D eigenvalue weighted by molar-refractivity contribution is 8.15. The Morgan fingerprint density at radius 1 is 1.33 bits per heavy atom. The molecule has 5 nitrogen and oxygen atoms in total. The highest BCUT2D eigenvalue weighted by Crippen LogP contribution is 2.53. The molecule has 2 aliphatic rings. The predicted molar refractivity (Wildman–Crippen MR) is 75.8 cm³/mol. The molecule has 0 fully saturated rings. The van der Waals surface area contributed by atoms with Gasteiger partial charge in [0.1, 0.15) is 17.2 Å². The van der Waals surface area contributed by atoms with E-state index in [0.717, 1.165) is 27.2 Å². The predicted octanol–water partition coefficient (Wildman–Crippen LogP) is 2.14. The van der Waals surface area contributed by atoms with E-state index in [2.05, 4.69) is 15.4 Å². The number of ether oxygens (including phenoxy) is 2. The Balaban J connectivity index is 2.15. The quantitative estimate of drug-likeness (QED) is 0.917. The molecule has 1 N–H and O–H groups in total. The van der Waals surface area contributed by atoms with E-state index in [1.165, 1.54) is 0 Å². The second-order valence-corrected chi connectivity index (χ2v) is 5.63. The molecule has 1 aromatic rings.